The zero-order chi connectivity index (χ0) is 23.9. The third kappa shape index (κ3) is 4.48. The van der Waals surface area contributed by atoms with E-state index in [9.17, 15) is 26.0 Å². The number of hydrogen-bond donors (Lipinski definition) is 0. The molecule has 0 aliphatic carbocycles. The lowest BCUT2D eigenvalue weighted by atomic mass is 10.00. The van der Waals surface area contributed by atoms with Gasteiger partial charge < -0.3 is 0 Å². The van der Waals surface area contributed by atoms with Crippen molar-refractivity contribution in [1.82, 2.24) is 5.01 Å². The van der Waals surface area contributed by atoms with E-state index in [-0.39, 0.29) is 21.9 Å². The number of sulfone groups is 1. The van der Waals surface area contributed by atoms with Crippen LogP contribution in [0.25, 0.3) is 11.3 Å². The van der Waals surface area contributed by atoms with Crippen molar-refractivity contribution in [2.75, 3.05) is 11.3 Å². The van der Waals surface area contributed by atoms with Crippen molar-refractivity contribution in [1.29, 1.82) is 0 Å². The molecular formula is C23H17ClF4N2O2S. The molecule has 0 amide bonds. The van der Waals surface area contributed by atoms with Crippen LogP contribution in [0.1, 0.15) is 11.1 Å². The number of alkyl halides is 3. The van der Waals surface area contributed by atoms with Crippen LogP contribution < -0.4 is 5.01 Å². The van der Waals surface area contributed by atoms with Crippen LogP contribution in [0.15, 0.2) is 77.7 Å². The van der Waals surface area contributed by atoms with Crippen LogP contribution in [0.5, 0.6) is 0 Å². The smallest absolute Gasteiger partial charge is 0.267 e. The summed E-state index contributed by atoms with van der Waals surface area (Å²) in [6.07, 6.45) is 1.05. The summed E-state index contributed by atoms with van der Waals surface area (Å²) in [5.74, 6) is -1.06. The van der Waals surface area contributed by atoms with Gasteiger partial charge in [-0.2, -0.15) is 8.78 Å². The highest BCUT2D eigenvalue weighted by molar-refractivity contribution is 7.90. The number of hydrogen-bond acceptors (Lipinski definition) is 4. The summed E-state index contributed by atoms with van der Waals surface area (Å²) in [5, 5.41) is 1.78. The van der Waals surface area contributed by atoms with Gasteiger partial charge in [0.2, 0.25) is 0 Å². The van der Waals surface area contributed by atoms with E-state index in [1.807, 2.05) is 0 Å². The number of halogens is 5. The van der Waals surface area contributed by atoms with Crippen LogP contribution in [0.2, 0.25) is 0 Å². The Morgan fingerprint density at radius 2 is 1.30 bits per heavy atom. The maximum absolute atomic E-state index is 14.2. The van der Waals surface area contributed by atoms with Crippen molar-refractivity contribution in [3.63, 3.8) is 0 Å². The van der Waals surface area contributed by atoms with Crippen LogP contribution in [0, 0.1) is 11.6 Å². The number of rotatable bonds is 5. The van der Waals surface area contributed by atoms with Crippen molar-refractivity contribution in [3.8, 4) is 0 Å². The van der Waals surface area contributed by atoms with Crippen LogP contribution in [-0.4, -0.2) is 31.7 Å². The van der Waals surface area contributed by atoms with Crippen molar-refractivity contribution in [2.24, 2.45) is 0 Å². The summed E-state index contributed by atoms with van der Waals surface area (Å²) in [7, 11) is -3.49. The fraction of sp³-hybridized carbons (Fsp3) is 0.130. The van der Waals surface area contributed by atoms with Crippen molar-refractivity contribution in [3.05, 3.63) is 95.6 Å². The molecule has 1 aliphatic rings. The lowest BCUT2D eigenvalue weighted by molar-refractivity contribution is -0.0214. The lowest BCUT2D eigenvalue weighted by Crippen LogP contribution is -2.44. The van der Waals surface area contributed by atoms with E-state index in [2.05, 4.69) is 0 Å². The summed E-state index contributed by atoms with van der Waals surface area (Å²) in [6.45, 7) is -3.04. The van der Waals surface area contributed by atoms with Gasteiger partial charge in [0, 0.05) is 17.4 Å². The number of nitrogens with zero attached hydrogens (tertiary/aromatic N) is 2. The Morgan fingerprint density at radius 1 is 0.818 bits per heavy atom. The summed E-state index contributed by atoms with van der Waals surface area (Å²) < 4.78 is 79.3. The Balaban J connectivity index is 1.99. The van der Waals surface area contributed by atoms with Crippen LogP contribution in [0.3, 0.4) is 0 Å². The molecule has 0 fully saturated rings. The van der Waals surface area contributed by atoms with Gasteiger partial charge in [-0.3, -0.25) is 5.01 Å². The Morgan fingerprint density at radius 3 is 1.79 bits per heavy atom. The predicted molar refractivity (Wildman–Crippen MR) is 119 cm³/mol. The zero-order valence-corrected chi connectivity index (χ0v) is 18.7. The molecule has 1 heterocycles. The van der Waals surface area contributed by atoms with Gasteiger partial charge in [-0.15, -0.1) is 5.01 Å². The van der Waals surface area contributed by atoms with E-state index in [0.717, 1.165) is 23.4 Å². The van der Waals surface area contributed by atoms with Crippen LogP contribution >= 0.6 is 11.6 Å². The summed E-state index contributed by atoms with van der Waals surface area (Å²) >= 11 is 6.52. The third-order valence-electron chi connectivity index (χ3n) is 5.15. The van der Waals surface area contributed by atoms with E-state index in [0.29, 0.717) is 16.1 Å². The number of hydrazine groups is 1. The average molecular weight is 497 g/mol. The highest BCUT2D eigenvalue weighted by Gasteiger charge is 2.44. The number of anilines is 1. The molecule has 4 rings (SSSR count). The molecule has 0 saturated heterocycles. The molecule has 0 bridgehead atoms. The van der Waals surface area contributed by atoms with E-state index >= 15 is 0 Å². The van der Waals surface area contributed by atoms with E-state index in [4.69, 9.17) is 11.6 Å². The van der Waals surface area contributed by atoms with Crippen molar-refractivity contribution >= 4 is 38.4 Å². The topological polar surface area (TPSA) is 40.6 Å². The molecule has 0 spiro atoms. The standard InChI is InChI=1S/C23H17ClF4N2O2S/c1-33(31,32)19-12-4-15(5-13-19)21-20(14-2-6-16(25)7-3-14)22(24)30(23(27)28)29(21)18-10-8-17(26)9-11-18/h2-13,22-23H,1H3. The second-order valence-corrected chi connectivity index (χ2v) is 9.78. The highest BCUT2D eigenvalue weighted by Crippen LogP contribution is 2.46. The molecule has 0 saturated carbocycles. The van der Waals surface area contributed by atoms with Gasteiger partial charge in [0.05, 0.1) is 16.3 Å². The molecule has 0 aromatic heterocycles. The van der Waals surface area contributed by atoms with Gasteiger partial charge in [-0.25, -0.2) is 17.2 Å². The lowest BCUT2D eigenvalue weighted by Gasteiger charge is -2.33. The van der Waals surface area contributed by atoms with E-state index in [1.54, 1.807) is 0 Å². The Labute approximate surface area is 193 Å². The fourth-order valence-corrected chi connectivity index (χ4v) is 4.68. The van der Waals surface area contributed by atoms with Gasteiger partial charge >= 0.3 is 6.55 Å². The van der Waals surface area contributed by atoms with Gasteiger partial charge in [-0.05, 0) is 54.1 Å². The first-order chi connectivity index (χ1) is 15.6. The molecule has 0 N–H and O–H groups in total. The first-order valence-electron chi connectivity index (χ1n) is 9.64. The van der Waals surface area contributed by atoms with Gasteiger partial charge in [0.15, 0.2) is 9.84 Å². The maximum atomic E-state index is 14.2. The fourth-order valence-electron chi connectivity index (χ4n) is 3.65. The summed E-state index contributed by atoms with van der Waals surface area (Å²) in [6, 6.07) is 15.8. The Kier molecular flexibility index (Phi) is 6.22. The van der Waals surface area contributed by atoms with Gasteiger partial charge in [-0.1, -0.05) is 35.9 Å². The Hall–Kier alpha value is -2.88. The largest absolute Gasteiger partial charge is 0.312 e. The van der Waals surface area contributed by atoms with Gasteiger partial charge in [0.25, 0.3) is 0 Å². The molecule has 1 atom stereocenters. The molecule has 3 aromatic rings. The summed E-state index contributed by atoms with van der Waals surface area (Å²) in [4.78, 5) is 0.0506. The molecule has 10 heteroatoms. The minimum absolute atomic E-state index is 0.0506. The SMILES string of the molecule is CS(=O)(=O)c1ccc(C2=C(c3ccc(F)cc3)C(Cl)N(C(F)F)N2c2ccc(F)cc2)cc1. The molecule has 1 aliphatic heterocycles. The first-order valence-corrected chi connectivity index (χ1v) is 12.0. The molecule has 172 valence electrons. The monoisotopic (exact) mass is 496 g/mol. The molecule has 33 heavy (non-hydrogen) atoms. The predicted octanol–water partition coefficient (Wildman–Crippen LogP) is 5.76. The second-order valence-electron chi connectivity index (χ2n) is 7.35. The molecule has 3 aromatic carbocycles. The Bertz CT molecular complexity index is 1300. The summed E-state index contributed by atoms with van der Waals surface area (Å²) in [5.41, 5.74) is 0.127. The maximum Gasteiger partial charge on any atom is 0.312 e. The quantitative estimate of drug-likeness (QED) is 0.256. The molecule has 4 nitrogen and oxygen atoms in total. The zero-order valence-electron chi connectivity index (χ0n) is 17.1. The van der Waals surface area contributed by atoms with Crippen LogP contribution in [0.4, 0.5) is 23.2 Å². The van der Waals surface area contributed by atoms with Crippen molar-refractivity contribution < 1.29 is 26.0 Å². The van der Waals surface area contributed by atoms with E-state index < -0.39 is 33.5 Å². The highest BCUT2D eigenvalue weighted by atomic mass is 35.5. The number of benzene rings is 3. The van der Waals surface area contributed by atoms with E-state index in [1.165, 1.54) is 60.7 Å². The van der Waals surface area contributed by atoms with Crippen LogP contribution in [-0.2, 0) is 9.84 Å². The second kappa shape index (κ2) is 8.81. The average Bonchev–Trinajstić information content (AvgIpc) is 3.07. The normalized spacial score (nSPS) is 17.3. The minimum atomic E-state index is -3.49. The molecular weight excluding hydrogens is 480 g/mol. The first kappa shape index (κ1) is 23.3. The van der Waals surface area contributed by atoms with Gasteiger partial charge in [0.1, 0.15) is 17.1 Å². The molecule has 1 unspecified atom stereocenters. The molecule has 0 radical (unpaired) electrons. The minimum Gasteiger partial charge on any atom is -0.267 e. The van der Waals surface area contributed by atoms with Crippen molar-refractivity contribution in [2.45, 2.75) is 16.9 Å². The third-order valence-corrected chi connectivity index (χ3v) is 6.70.